The lowest BCUT2D eigenvalue weighted by Crippen LogP contribution is -2.28. The number of aromatic nitrogens is 1. The van der Waals surface area contributed by atoms with Gasteiger partial charge in [0.05, 0.1) is 0 Å². The van der Waals surface area contributed by atoms with Crippen LogP contribution in [-0.2, 0) is 6.42 Å². The number of nitrogens with zero attached hydrogens (tertiary/aromatic N) is 1. The first kappa shape index (κ1) is 17.9. The van der Waals surface area contributed by atoms with Crippen molar-refractivity contribution in [2.24, 2.45) is 0 Å². The van der Waals surface area contributed by atoms with Crippen molar-refractivity contribution in [2.75, 3.05) is 13.1 Å². The fraction of sp³-hybridized carbons (Fsp3) is 0.278. The molecule has 2 aromatic rings. The van der Waals surface area contributed by atoms with Crippen LogP contribution in [0.15, 0.2) is 42.6 Å². The molecule has 126 valence electrons. The molecule has 2 amide bonds. The van der Waals surface area contributed by atoms with E-state index in [1.54, 1.807) is 6.07 Å². The molecule has 1 heterocycles. The van der Waals surface area contributed by atoms with E-state index in [4.69, 9.17) is 11.6 Å². The topological polar surface area (TPSA) is 71.1 Å². The summed E-state index contributed by atoms with van der Waals surface area (Å²) in [6.45, 7) is 3.06. The van der Waals surface area contributed by atoms with Crippen molar-refractivity contribution in [3.8, 4) is 0 Å². The van der Waals surface area contributed by atoms with E-state index in [9.17, 15) is 9.59 Å². The Kier molecular flexibility index (Phi) is 6.75. The highest BCUT2D eigenvalue weighted by Crippen LogP contribution is 2.09. The molecule has 0 saturated carbocycles. The highest BCUT2D eigenvalue weighted by atomic mass is 35.5. The molecular weight excluding hydrogens is 326 g/mol. The molecule has 1 aromatic carbocycles. The largest absolute Gasteiger partial charge is 0.352 e. The molecule has 5 nitrogen and oxygen atoms in total. The van der Waals surface area contributed by atoms with Crippen molar-refractivity contribution in [1.29, 1.82) is 0 Å². The number of hydrogen-bond acceptors (Lipinski definition) is 3. The molecule has 0 fully saturated rings. The van der Waals surface area contributed by atoms with Gasteiger partial charge in [-0.1, -0.05) is 30.7 Å². The SMILES string of the molecule is CCCNC(=O)c1ccnc(C(=O)NCCc2ccc(Cl)cc2)c1. The highest BCUT2D eigenvalue weighted by Gasteiger charge is 2.11. The maximum absolute atomic E-state index is 12.2. The Hall–Kier alpha value is -2.40. The van der Waals surface area contributed by atoms with Gasteiger partial charge in [-0.25, -0.2) is 0 Å². The van der Waals surface area contributed by atoms with Gasteiger partial charge >= 0.3 is 0 Å². The predicted octanol–water partition coefficient (Wildman–Crippen LogP) is 2.85. The summed E-state index contributed by atoms with van der Waals surface area (Å²) in [5.41, 5.74) is 1.75. The first-order valence-electron chi connectivity index (χ1n) is 7.87. The van der Waals surface area contributed by atoms with E-state index in [0.29, 0.717) is 30.1 Å². The van der Waals surface area contributed by atoms with E-state index in [2.05, 4.69) is 15.6 Å². The van der Waals surface area contributed by atoms with Crippen LogP contribution in [0.5, 0.6) is 0 Å². The van der Waals surface area contributed by atoms with Crippen LogP contribution in [0.3, 0.4) is 0 Å². The second-order valence-electron chi connectivity index (χ2n) is 5.32. The third-order valence-corrected chi connectivity index (χ3v) is 3.65. The van der Waals surface area contributed by atoms with Gasteiger partial charge in [0.25, 0.3) is 11.8 Å². The van der Waals surface area contributed by atoms with Gasteiger partial charge in [-0.15, -0.1) is 0 Å². The lowest BCUT2D eigenvalue weighted by molar-refractivity contribution is 0.0949. The molecule has 0 radical (unpaired) electrons. The number of carbonyl (C=O) groups excluding carboxylic acids is 2. The van der Waals surface area contributed by atoms with Crippen molar-refractivity contribution in [3.63, 3.8) is 0 Å². The number of nitrogens with one attached hydrogen (secondary N) is 2. The molecule has 0 bridgehead atoms. The van der Waals surface area contributed by atoms with E-state index >= 15 is 0 Å². The second-order valence-corrected chi connectivity index (χ2v) is 5.75. The van der Waals surface area contributed by atoms with Crippen LogP contribution in [0.4, 0.5) is 0 Å². The van der Waals surface area contributed by atoms with E-state index in [-0.39, 0.29) is 17.5 Å². The predicted molar refractivity (Wildman–Crippen MR) is 94.4 cm³/mol. The van der Waals surface area contributed by atoms with Gasteiger partial charge in [0.15, 0.2) is 0 Å². The Morgan fingerprint density at radius 1 is 1.04 bits per heavy atom. The number of halogens is 1. The third-order valence-electron chi connectivity index (χ3n) is 3.40. The zero-order valence-electron chi connectivity index (χ0n) is 13.5. The Morgan fingerprint density at radius 2 is 1.75 bits per heavy atom. The van der Waals surface area contributed by atoms with Gasteiger partial charge in [-0.2, -0.15) is 0 Å². The molecule has 1 aromatic heterocycles. The zero-order valence-corrected chi connectivity index (χ0v) is 14.3. The van der Waals surface area contributed by atoms with Crippen LogP contribution in [-0.4, -0.2) is 29.9 Å². The van der Waals surface area contributed by atoms with Crippen molar-refractivity contribution >= 4 is 23.4 Å². The Labute approximate surface area is 146 Å². The Balaban J connectivity index is 1.90. The summed E-state index contributed by atoms with van der Waals surface area (Å²) in [6.07, 6.45) is 3.02. The van der Waals surface area contributed by atoms with Gasteiger partial charge in [-0.05, 0) is 42.7 Å². The maximum Gasteiger partial charge on any atom is 0.269 e. The molecule has 0 aliphatic heterocycles. The fourth-order valence-corrected chi connectivity index (χ4v) is 2.22. The van der Waals surface area contributed by atoms with Gasteiger partial charge < -0.3 is 10.6 Å². The molecule has 0 spiro atoms. The number of benzene rings is 1. The molecule has 0 saturated heterocycles. The highest BCUT2D eigenvalue weighted by molar-refractivity contribution is 6.30. The van der Waals surface area contributed by atoms with E-state index in [1.165, 1.54) is 12.3 Å². The lowest BCUT2D eigenvalue weighted by atomic mass is 10.1. The van der Waals surface area contributed by atoms with Crippen molar-refractivity contribution in [3.05, 3.63) is 64.4 Å². The zero-order chi connectivity index (χ0) is 17.4. The van der Waals surface area contributed by atoms with Gasteiger partial charge in [-0.3, -0.25) is 14.6 Å². The number of carbonyl (C=O) groups is 2. The quantitative estimate of drug-likeness (QED) is 0.810. The van der Waals surface area contributed by atoms with Crippen LogP contribution in [0.25, 0.3) is 0 Å². The van der Waals surface area contributed by atoms with Gasteiger partial charge in [0.2, 0.25) is 0 Å². The minimum atomic E-state index is -0.297. The summed E-state index contributed by atoms with van der Waals surface area (Å²) in [6, 6.07) is 10.6. The maximum atomic E-state index is 12.2. The Bertz CT molecular complexity index is 702. The standard InChI is InChI=1S/C18H20ClN3O2/c1-2-9-21-17(23)14-8-11-20-16(12-14)18(24)22-10-7-13-3-5-15(19)6-4-13/h3-6,8,11-12H,2,7,9-10H2,1H3,(H,21,23)(H,22,24). The van der Waals surface area contributed by atoms with Crippen LogP contribution >= 0.6 is 11.6 Å². The fourth-order valence-electron chi connectivity index (χ4n) is 2.10. The number of pyridine rings is 1. The van der Waals surface area contributed by atoms with Crippen molar-refractivity contribution in [1.82, 2.24) is 15.6 Å². The second kappa shape index (κ2) is 9.03. The summed E-state index contributed by atoms with van der Waals surface area (Å²) in [5.74, 6) is -0.497. The summed E-state index contributed by atoms with van der Waals surface area (Å²) >= 11 is 5.84. The average molecular weight is 346 g/mol. The molecule has 6 heteroatoms. The molecule has 0 aliphatic rings. The van der Waals surface area contributed by atoms with Gasteiger partial charge in [0.1, 0.15) is 5.69 Å². The molecule has 2 N–H and O–H groups in total. The van der Waals surface area contributed by atoms with Crippen LogP contribution in [0.1, 0.15) is 39.8 Å². The number of amides is 2. The van der Waals surface area contributed by atoms with Crippen LogP contribution in [0.2, 0.25) is 5.02 Å². The summed E-state index contributed by atoms with van der Waals surface area (Å²) in [5, 5.41) is 6.27. The smallest absolute Gasteiger partial charge is 0.269 e. The van der Waals surface area contributed by atoms with Crippen LogP contribution in [0, 0.1) is 0 Å². The molecular formula is C18H20ClN3O2. The summed E-state index contributed by atoms with van der Waals surface area (Å²) in [7, 11) is 0. The minimum absolute atomic E-state index is 0.200. The van der Waals surface area contributed by atoms with E-state index in [1.807, 2.05) is 31.2 Å². The molecule has 24 heavy (non-hydrogen) atoms. The lowest BCUT2D eigenvalue weighted by Gasteiger charge is -2.07. The normalized spacial score (nSPS) is 10.2. The molecule has 0 aliphatic carbocycles. The third kappa shape index (κ3) is 5.35. The van der Waals surface area contributed by atoms with E-state index < -0.39 is 0 Å². The average Bonchev–Trinajstić information content (AvgIpc) is 2.61. The number of rotatable bonds is 7. The van der Waals surface area contributed by atoms with E-state index in [0.717, 1.165) is 12.0 Å². The van der Waals surface area contributed by atoms with Crippen molar-refractivity contribution < 1.29 is 9.59 Å². The minimum Gasteiger partial charge on any atom is -0.352 e. The summed E-state index contributed by atoms with van der Waals surface area (Å²) in [4.78, 5) is 28.1. The molecule has 2 rings (SSSR count). The monoisotopic (exact) mass is 345 g/mol. The first-order chi connectivity index (χ1) is 11.6. The summed E-state index contributed by atoms with van der Waals surface area (Å²) < 4.78 is 0. The molecule has 0 unspecified atom stereocenters. The number of hydrogen-bond donors (Lipinski definition) is 2. The Morgan fingerprint density at radius 3 is 2.46 bits per heavy atom. The van der Waals surface area contributed by atoms with Gasteiger partial charge in [0, 0.05) is 29.9 Å². The first-order valence-corrected chi connectivity index (χ1v) is 8.25. The molecule has 0 atom stereocenters. The van der Waals surface area contributed by atoms with Crippen LogP contribution < -0.4 is 10.6 Å². The van der Waals surface area contributed by atoms with Crippen molar-refractivity contribution in [2.45, 2.75) is 19.8 Å².